The van der Waals surface area contributed by atoms with Gasteiger partial charge in [0.25, 0.3) is 0 Å². The highest BCUT2D eigenvalue weighted by atomic mass is 16.3. The zero-order valence-corrected chi connectivity index (χ0v) is 10.6. The zero-order valence-electron chi connectivity index (χ0n) is 10.6. The summed E-state index contributed by atoms with van der Waals surface area (Å²) in [6.07, 6.45) is 4.81. The Kier molecular flexibility index (Phi) is 4.33. The zero-order chi connectivity index (χ0) is 13.7. The molecule has 1 saturated heterocycles. The highest BCUT2D eigenvalue weighted by Crippen LogP contribution is 2.19. The Balaban J connectivity index is 1.90. The lowest BCUT2D eigenvalue weighted by Gasteiger charge is -2.15. The van der Waals surface area contributed by atoms with Crippen LogP contribution >= 0.6 is 0 Å². The van der Waals surface area contributed by atoms with E-state index < -0.39 is 0 Å². The number of rotatable bonds is 3. The van der Waals surface area contributed by atoms with Crippen molar-refractivity contribution < 1.29 is 14.7 Å². The average Bonchev–Trinajstić information content (AvgIpc) is 2.56. The van der Waals surface area contributed by atoms with E-state index in [0.29, 0.717) is 6.42 Å². The molecule has 6 nitrogen and oxygen atoms in total. The maximum absolute atomic E-state index is 11.8. The standard InChI is InChI=1S/C13H17N3O3/c17-10-5-3-7-14-13(10)16-12(19)8-9-4-1-2-6-11(18)15-9/h3,5,7,9,17H,1-2,4,6,8H2,(H,15,18)(H,14,16,19). The third-order valence-electron chi connectivity index (χ3n) is 3.05. The van der Waals surface area contributed by atoms with Gasteiger partial charge in [0, 0.05) is 25.1 Å². The lowest BCUT2D eigenvalue weighted by Crippen LogP contribution is -2.35. The second-order valence-electron chi connectivity index (χ2n) is 4.63. The van der Waals surface area contributed by atoms with Gasteiger partial charge in [-0.25, -0.2) is 4.98 Å². The fourth-order valence-corrected chi connectivity index (χ4v) is 2.10. The second-order valence-corrected chi connectivity index (χ2v) is 4.63. The molecule has 0 spiro atoms. The number of hydrogen-bond acceptors (Lipinski definition) is 4. The fraction of sp³-hybridized carbons (Fsp3) is 0.462. The number of anilines is 1. The van der Waals surface area contributed by atoms with Gasteiger partial charge in [-0.05, 0) is 25.0 Å². The number of aromatic nitrogens is 1. The molecule has 1 aromatic heterocycles. The highest BCUT2D eigenvalue weighted by molar-refractivity contribution is 5.91. The van der Waals surface area contributed by atoms with Gasteiger partial charge < -0.3 is 15.7 Å². The molecule has 0 aliphatic carbocycles. The van der Waals surface area contributed by atoms with Crippen molar-refractivity contribution in [2.45, 2.75) is 38.1 Å². The molecule has 2 heterocycles. The predicted molar refractivity (Wildman–Crippen MR) is 69.5 cm³/mol. The molecular weight excluding hydrogens is 246 g/mol. The summed E-state index contributed by atoms with van der Waals surface area (Å²) in [6, 6.07) is 2.90. The molecule has 1 aliphatic heterocycles. The minimum atomic E-state index is -0.263. The van der Waals surface area contributed by atoms with E-state index in [0.717, 1.165) is 19.3 Å². The van der Waals surface area contributed by atoms with Crippen LogP contribution in [0.25, 0.3) is 0 Å². The van der Waals surface area contributed by atoms with E-state index in [9.17, 15) is 14.7 Å². The van der Waals surface area contributed by atoms with E-state index in [2.05, 4.69) is 15.6 Å². The first-order valence-corrected chi connectivity index (χ1v) is 6.38. The Morgan fingerprint density at radius 3 is 3.16 bits per heavy atom. The highest BCUT2D eigenvalue weighted by Gasteiger charge is 2.19. The van der Waals surface area contributed by atoms with Gasteiger partial charge >= 0.3 is 0 Å². The minimum absolute atomic E-state index is 0.00372. The Bertz CT molecular complexity index is 476. The summed E-state index contributed by atoms with van der Waals surface area (Å²) in [5.74, 6) is -0.189. The Morgan fingerprint density at radius 1 is 1.53 bits per heavy atom. The van der Waals surface area contributed by atoms with Crippen LogP contribution in [0.1, 0.15) is 32.1 Å². The minimum Gasteiger partial charge on any atom is -0.504 e. The summed E-state index contributed by atoms with van der Waals surface area (Å²) >= 11 is 0. The molecule has 1 aromatic rings. The maximum atomic E-state index is 11.8. The van der Waals surface area contributed by atoms with Crippen molar-refractivity contribution in [2.75, 3.05) is 5.32 Å². The van der Waals surface area contributed by atoms with Crippen molar-refractivity contribution in [2.24, 2.45) is 0 Å². The van der Waals surface area contributed by atoms with Gasteiger partial charge in [-0.1, -0.05) is 6.42 Å². The molecule has 6 heteroatoms. The van der Waals surface area contributed by atoms with Crippen LogP contribution in [0.4, 0.5) is 5.82 Å². The average molecular weight is 263 g/mol. The third kappa shape index (κ3) is 3.94. The molecule has 3 N–H and O–H groups in total. The first-order chi connectivity index (χ1) is 9.15. The van der Waals surface area contributed by atoms with Gasteiger partial charge in [-0.3, -0.25) is 9.59 Å². The second kappa shape index (κ2) is 6.17. The largest absolute Gasteiger partial charge is 0.504 e. The van der Waals surface area contributed by atoms with Crippen molar-refractivity contribution >= 4 is 17.6 Å². The van der Waals surface area contributed by atoms with E-state index >= 15 is 0 Å². The molecule has 1 fully saturated rings. The molecule has 1 atom stereocenters. The Hall–Kier alpha value is -2.11. The lowest BCUT2D eigenvalue weighted by atomic mass is 10.1. The molecule has 0 bridgehead atoms. The third-order valence-corrected chi connectivity index (χ3v) is 3.05. The number of pyridine rings is 1. The van der Waals surface area contributed by atoms with Crippen molar-refractivity contribution in [3.8, 4) is 5.75 Å². The summed E-state index contributed by atoms with van der Waals surface area (Å²) < 4.78 is 0. The topological polar surface area (TPSA) is 91.3 Å². The van der Waals surface area contributed by atoms with Gasteiger partial charge in [-0.2, -0.15) is 0 Å². The summed E-state index contributed by atoms with van der Waals surface area (Å²) in [5, 5.41) is 14.9. The Labute approximate surface area is 111 Å². The van der Waals surface area contributed by atoms with Crippen molar-refractivity contribution in [1.82, 2.24) is 10.3 Å². The van der Waals surface area contributed by atoms with E-state index in [4.69, 9.17) is 0 Å². The summed E-state index contributed by atoms with van der Waals surface area (Å²) in [7, 11) is 0. The predicted octanol–water partition coefficient (Wildman–Crippen LogP) is 1.17. The monoisotopic (exact) mass is 263 g/mol. The van der Waals surface area contributed by atoms with Gasteiger partial charge in [0.15, 0.2) is 11.6 Å². The molecule has 1 unspecified atom stereocenters. The van der Waals surface area contributed by atoms with Crippen molar-refractivity contribution in [3.05, 3.63) is 18.3 Å². The van der Waals surface area contributed by atoms with Crippen LogP contribution < -0.4 is 10.6 Å². The van der Waals surface area contributed by atoms with Gasteiger partial charge in [0.1, 0.15) is 0 Å². The maximum Gasteiger partial charge on any atom is 0.227 e. The lowest BCUT2D eigenvalue weighted by molar-refractivity contribution is -0.121. The van der Waals surface area contributed by atoms with Gasteiger partial charge in [0.05, 0.1) is 0 Å². The van der Waals surface area contributed by atoms with Crippen LogP contribution in [0.15, 0.2) is 18.3 Å². The quantitative estimate of drug-likeness (QED) is 0.763. The van der Waals surface area contributed by atoms with Crippen LogP contribution in [-0.4, -0.2) is 27.9 Å². The summed E-state index contributed by atoms with van der Waals surface area (Å²) in [4.78, 5) is 27.1. The normalized spacial score (nSPS) is 19.4. The van der Waals surface area contributed by atoms with Crippen LogP contribution in [0.2, 0.25) is 0 Å². The number of amides is 2. The summed E-state index contributed by atoms with van der Waals surface area (Å²) in [6.45, 7) is 0. The van der Waals surface area contributed by atoms with Crippen LogP contribution in [0, 0.1) is 0 Å². The van der Waals surface area contributed by atoms with Crippen molar-refractivity contribution in [3.63, 3.8) is 0 Å². The molecule has 0 aromatic carbocycles. The van der Waals surface area contributed by atoms with Crippen LogP contribution in [0.3, 0.4) is 0 Å². The van der Waals surface area contributed by atoms with E-state index in [-0.39, 0.29) is 35.8 Å². The van der Waals surface area contributed by atoms with Crippen molar-refractivity contribution in [1.29, 1.82) is 0 Å². The van der Waals surface area contributed by atoms with Crippen LogP contribution in [0.5, 0.6) is 5.75 Å². The number of hydrogen-bond donors (Lipinski definition) is 3. The van der Waals surface area contributed by atoms with E-state index in [1.54, 1.807) is 6.07 Å². The fourth-order valence-electron chi connectivity index (χ4n) is 2.10. The van der Waals surface area contributed by atoms with E-state index in [1.165, 1.54) is 12.3 Å². The Morgan fingerprint density at radius 2 is 2.37 bits per heavy atom. The molecule has 1 aliphatic rings. The van der Waals surface area contributed by atoms with E-state index in [1.807, 2.05) is 0 Å². The first-order valence-electron chi connectivity index (χ1n) is 6.38. The molecule has 2 amide bonds. The summed E-state index contributed by atoms with van der Waals surface area (Å²) in [5.41, 5.74) is 0. The van der Waals surface area contributed by atoms with Gasteiger partial charge in [-0.15, -0.1) is 0 Å². The molecule has 19 heavy (non-hydrogen) atoms. The van der Waals surface area contributed by atoms with Crippen LogP contribution in [-0.2, 0) is 9.59 Å². The number of aromatic hydroxyl groups is 1. The number of nitrogens with one attached hydrogen (secondary N) is 2. The first kappa shape index (κ1) is 13.3. The molecule has 0 radical (unpaired) electrons. The number of carbonyl (C=O) groups is 2. The SMILES string of the molecule is O=C(CC1CCCCC(=O)N1)Nc1ncccc1O. The molecule has 102 valence electrons. The van der Waals surface area contributed by atoms with Gasteiger partial charge in [0.2, 0.25) is 11.8 Å². The smallest absolute Gasteiger partial charge is 0.227 e. The molecular formula is C13H17N3O3. The molecule has 0 saturated carbocycles. The number of nitrogens with zero attached hydrogens (tertiary/aromatic N) is 1. The molecule has 2 rings (SSSR count). The number of carbonyl (C=O) groups excluding carboxylic acids is 2.